The largest absolute Gasteiger partial charge is 0.373 e. The van der Waals surface area contributed by atoms with E-state index < -0.39 is 5.54 Å². The molecule has 2 N–H and O–H groups in total. The summed E-state index contributed by atoms with van der Waals surface area (Å²) in [5.74, 6) is 0.0731. The van der Waals surface area contributed by atoms with E-state index in [2.05, 4.69) is 17.0 Å². The Bertz CT molecular complexity index is 424. The highest BCUT2D eigenvalue weighted by molar-refractivity contribution is 5.88. The second-order valence-electron chi connectivity index (χ2n) is 5.14. The minimum atomic E-state index is -0.555. The number of amides is 1. The predicted molar refractivity (Wildman–Crippen MR) is 88.0 cm³/mol. The molecule has 1 aromatic rings. The van der Waals surface area contributed by atoms with Crippen LogP contribution in [0.2, 0.25) is 0 Å². The SMILES string of the molecule is CN(CCN(C)c1ccccc1)C(=O)C1(N)CC1.Cl.Cl. The van der Waals surface area contributed by atoms with E-state index >= 15 is 0 Å². The minimum Gasteiger partial charge on any atom is -0.373 e. The first-order valence-electron chi connectivity index (χ1n) is 6.33. The number of likely N-dealkylation sites (N-methyl/N-ethyl adjacent to an activating group) is 2. The molecule has 2 rings (SSSR count). The first-order chi connectivity index (χ1) is 8.53. The summed E-state index contributed by atoms with van der Waals surface area (Å²) in [6.07, 6.45) is 1.65. The van der Waals surface area contributed by atoms with E-state index in [0.717, 1.165) is 25.1 Å². The van der Waals surface area contributed by atoms with Crippen LogP contribution in [0.15, 0.2) is 30.3 Å². The molecule has 20 heavy (non-hydrogen) atoms. The molecule has 1 fully saturated rings. The Hall–Kier alpha value is -0.970. The van der Waals surface area contributed by atoms with Gasteiger partial charge in [0, 0.05) is 32.9 Å². The highest BCUT2D eigenvalue weighted by Crippen LogP contribution is 2.33. The van der Waals surface area contributed by atoms with Crippen LogP contribution < -0.4 is 10.6 Å². The molecular formula is C14H23Cl2N3O. The van der Waals surface area contributed by atoms with Gasteiger partial charge in [-0.25, -0.2) is 0 Å². The molecule has 4 nitrogen and oxygen atoms in total. The average molecular weight is 320 g/mol. The fourth-order valence-electron chi connectivity index (χ4n) is 1.94. The average Bonchev–Trinajstić information content (AvgIpc) is 3.15. The molecule has 0 heterocycles. The molecule has 0 atom stereocenters. The van der Waals surface area contributed by atoms with Gasteiger partial charge >= 0.3 is 0 Å². The van der Waals surface area contributed by atoms with Gasteiger partial charge in [-0.05, 0) is 25.0 Å². The molecule has 1 aliphatic carbocycles. The van der Waals surface area contributed by atoms with Gasteiger partial charge in [-0.1, -0.05) is 18.2 Å². The summed E-state index contributed by atoms with van der Waals surface area (Å²) < 4.78 is 0. The molecule has 1 aromatic carbocycles. The summed E-state index contributed by atoms with van der Waals surface area (Å²) in [6.45, 7) is 1.51. The third-order valence-corrected chi connectivity index (χ3v) is 3.53. The van der Waals surface area contributed by atoms with E-state index in [1.54, 1.807) is 4.90 Å². The topological polar surface area (TPSA) is 49.6 Å². The number of nitrogens with two attached hydrogens (primary N) is 1. The zero-order chi connectivity index (χ0) is 13.2. The van der Waals surface area contributed by atoms with Gasteiger partial charge in [0.05, 0.1) is 5.54 Å². The summed E-state index contributed by atoms with van der Waals surface area (Å²) in [4.78, 5) is 15.8. The van der Waals surface area contributed by atoms with Crippen molar-refractivity contribution >= 4 is 36.4 Å². The maximum Gasteiger partial charge on any atom is 0.242 e. The van der Waals surface area contributed by atoms with Gasteiger partial charge < -0.3 is 15.5 Å². The van der Waals surface area contributed by atoms with Crippen LogP contribution in [0.1, 0.15) is 12.8 Å². The minimum absolute atomic E-state index is 0. The van der Waals surface area contributed by atoms with Crippen LogP contribution in [0, 0.1) is 0 Å². The van der Waals surface area contributed by atoms with Crippen molar-refractivity contribution in [3.8, 4) is 0 Å². The van der Waals surface area contributed by atoms with Crippen LogP contribution in [-0.4, -0.2) is 43.5 Å². The second-order valence-corrected chi connectivity index (χ2v) is 5.14. The van der Waals surface area contributed by atoms with Gasteiger partial charge in [0.15, 0.2) is 0 Å². The quantitative estimate of drug-likeness (QED) is 0.902. The molecule has 1 aliphatic rings. The number of halogens is 2. The number of anilines is 1. The van der Waals surface area contributed by atoms with Crippen LogP contribution in [0.25, 0.3) is 0 Å². The first-order valence-corrected chi connectivity index (χ1v) is 6.33. The molecule has 1 amide bonds. The third-order valence-electron chi connectivity index (χ3n) is 3.53. The summed E-state index contributed by atoms with van der Waals surface area (Å²) in [5.41, 5.74) is 6.51. The molecule has 6 heteroatoms. The highest BCUT2D eigenvalue weighted by atomic mass is 35.5. The fraction of sp³-hybridized carbons (Fsp3) is 0.500. The molecule has 0 spiro atoms. The zero-order valence-electron chi connectivity index (χ0n) is 11.9. The van der Waals surface area contributed by atoms with E-state index in [1.807, 2.05) is 32.3 Å². The Morgan fingerprint density at radius 1 is 1.15 bits per heavy atom. The fourth-order valence-corrected chi connectivity index (χ4v) is 1.94. The molecule has 114 valence electrons. The number of carbonyl (C=O) groups is 1. The third kappa shape index (κ3) is 4.54. The summed E-state index contributed by atoms with van der Waals surface area (Å²) in [5, 5.41) is 0. The van der Waals surface area contributed by atoms with Gasteiger partial charge in [-0.2, -0.15) is 0 Å². The lowest BCUT2D eigenvalue weighted by Gasteiger charge is -2.25. The number of rotatable bonds is 5. The van der Waals surface area contributed by atoms with E-state index in [-0.39, 0.29) is 30.7 Å². The standard InChI is InChI=1S/C14H21N3O.2ClH/c1-16(12-6-4-3-5-7-12)10-11-17(2)13(18)14(15)8-9-14;;/h3-7H,8-11,15H2,1-2H3;2*1H. The first kappa shape index (κ1) is 19.0. The molecular weight excluding hydrogens is 297 g/mol. The maximum atomic E-state index is 12.0. The summed E-state index contributed by atoms with van der Waals surface area (Å²) >= 11 is 0. The Morgan fingerprint density at radius 2 is 1.70 bits per heavy atom. The van der Waals surface area contributed by atoms with Crippen molar-refractivity contribution in [2.45, 2.75) is 18.4 Å². The molecule has 0 bridgehead atoms. The Kier molecular flexibility index (Phi) is 7.34. The van der Waals surface area contributed by atoms with Crippen LogP contribution in [0.5, 0.6) is 0 Å². The highest BCUT2D eigenvalue weighted by Gasteiger charge is 2.47. The number of benzene rings is 1. The van der Waals surface area contributed by atoms with Crippen LogP contribution in [-0.2, 0) is 4.79 Å². The lowest BCUT2D eigenvalue weighted by Crippen LogP contribution is -2.46. The second kappa shape index (κ2) is 7.72. The van der Waals surface area contributed by atoms with Gasteiger partial charge in [-0.15, -0.1) is 24.8 Å². The molecule has 0 aromatic heterocycles. The maximum absolute atomic E-state index is 12.0. The van der Waals surface area contributed by atoms with Crippen LogP contribution >= 0.6 is 24.8 Å². The molecule has 0 aliphatic heterocycles. The van der Waals surface area contributed by atoms with Gasteiger partial charge in [-0.3, -0.25) is 4.79 Å². The lowest BCUT2D eigenvalue weighted by atomic mass is 10.2. The smallest absolute Gasteiger partial charge is 0.242 e. The number of carbonyl (C=O) groups excluding carboxylic acids is 1. The van der Waals surface area contributed by atoms with Crippen molar-refractivity contribution < 1.29 is 4.79 Å². The van der Waals surface area contributed by atoms with Crippen molar-refractivity contribution in [2.75, 3.05) is 32.1 Å². The molecule has 0 unspecified atom stereocenters. The van der Waals surface area contributed by atoms with Crippen molar-refractivity contribution in [1.82, 2.24) is 4.90 Å². The van der Waals surface area contributed by atoms with Crippen LogP contribution in [0.4, 0.5) is 5.69 Å². The Labute approximate surface area is 133 Å². The van der Waals surface area contributed by atoms with Crippen molar-refractivity contribution in [3.63, 3.8) is 0 Å². The zero-order valence-corrected chi connectivity index (χ0v) is 13.5. The van der Waals surface area contributed by atoms with Crippen molar-refractivity contribution in [1.29, 1.82) is 0 Å². The monoisotopic (exact) mass is 319 g/mol. The number of nitrogens with zero attached hydrogens (tertiary/aromatic N) is 2. The van der Waals surface area contributed by atoms with Crippen LogP contribution in [0.3, 0.4) is 0 Å². The van der Waals surface area contributed by atoms with Gasteiger partial charge in [0.1, 0.15) is 0 Å². The Morgan fingerprint density at radius 3 is 2.20 bits per heavy atom. The predicted octanol–water partition coefficient (Wildman–Crippen LogP) is 1.92. The molecule has 0 radical (unpaired) electrons. The number of hydrogen-bond acceptors (Lipinski definition) is 3. The van der Waals surface area contributed by atoms with Crippen molar-refractivity contribution in [2.24, 2.45) is 5.73 Å². The normalized spacial score (nSPS) is 14.6. The number of para-hydroxylation sites is 1. The van der Waals surface area contributed by atoms with E-state index in [9.17, 15) is 4.79 Å². The van der Waals surface area contributed by atoms with Gasteiger partial charge in [0.25, 0.3) is 0 Å². The lowest BCUT2D eigenvalue weighted by molar-refractivity contribution is -0.132. The summed E-state index contributed by atoms with van der Waals surface area (Å²) in [6, 6.07) is 10.2. The van der Waals surface area contributed by atoms with Crippen molar-refractivity contribution in [3.05, 3.63) is 30.3 Å². The van der Waals surface area contributed by atoms with E-state index in [4.69, 9.17) is 5.73 Å². The Balaban J connectivity index is 0.00000180. The number of hydrogen-bond donors (Lipinski definition) is 1. The van der Waals surface area contributed by atoms with E-state index in [1.165, 1.54) is 0 Å². The molecule has 1 saturated carbocycles. The summed E-state index contributed by atoms with van der Waals surface area (Å²) in [7, 11) is 3.86. The molecule has 0 saturated heterocycles. The van der Waals surface area contributed by atoms with Gasteiger partial charge in [0.2, 0.25) is 5.91 Å². The van der Waals surface area contributed by atoms with E-state index in [0.29, 0.717) is 6.54 Å².